The Morgan fingerprint density at radius 3 is 2.71 bits per heavy atom. The molecule has 0 saturated carbocycles. The summed E-state index contributed by atoms with van der Waals surface area (Å²) in [6.45, 7) is 4.77. The second kappa shape index (κ2) is 11.2. The van der Waals surface area contributed by atoms with Gasteiger partial charge in [-0.1, -0.05) is 17.7 Å². The SMILES string of the molecule is CN(c1cccc(Cl)c1)S(=O)(=O)c1ccc2c(c1)C(=Cc1cc3cc(OCCN4CCOCC4)ccc3[nH]1)C(=O)N2. The summed E-state index contributed by atoms with van der Waals surface area (Å²) in [7, 11) is -2.44. The fourth-order valence-corrected chi connectivity index (χ4v) is 6.41. The number of rotatable bonds is 8. The van der Waals surface area contributed by atoms with Crippen LogP contribution in [0.1, 0.15) is 11.3 Å². The van der Waals surface area contributed by atoms with Crippen LogP contribution in [0, 0.1) is 0 Å². The lowest BCUT2D eigenvalue weighted by Gasteiger charge is -2.26. The van der Waals surface area contributed by atoms with Gasteiger partial charge in [-0.3, -0.25) is 14.0 Å². The summed E-state index contributed by atoms with van der Waals surface area (Å²) in [5.74, 6) is 0.468. The number of morpholine rings is 1. The number of hydrogen-bond donors (Lipinski definition) is 2. The van der Waals surface area contributed by atoms with Gasteiger partial charge in [-0.15, -0.1) is 0 Å². The van der Waals surface area contributed by atoms with Gasteiger partial charge in [-0.05, 0) is 66.7 Å². The Morgan fingerprint density at radius 2 is 1.90 bits per heavy atom. The van der Waals surface area contributed by atoms with E-state index in [4.69, 9.17) is 21.1 Å². The van der Waals surface area contributed by atoms with Crippen molar-refractivity contribution in [2.45, 2.75) is 4.90 Å². The van der Waals surface area contributed by atoms with Crippen LogP contribution in [0.5, 0.6) is 5.75 Å². The third-order valence-corrected chi connectivity index (χ3v) is 9.31. The molecule has 1 aromatic heterocycles. The first kappa shape index (κ1) is 27.3. The molecule has 0 bridgehead atoms. The van der Waals surface area contributed by atoms with Crippen LogP contribution in [0.2, 0.25) is 5.02 Å². The lowest BCUT2D eigenvalue weighted by Crippen LogP contribution is -2.38. The number of carbonyl (C=O) groups excluding carboxylic acids is 1. The van der Waals surface area contributed by atoms with Crippen molar-refractivity contribution in [2.24, 2.45) is 0 Å². The van der Waals surface area contributed by atoms with Crippen molar-refractivity contribution in [2.75, 3.05) is 56.1 Å². The van der Waals surface area contributed by atoms with Crippen LogP contribution in [-0.2, 0) is 19.6 Å². The van der Waals surface area contributed by atoms with Crippen molar-refractivity contribution < 1.29 is 22.7 Å². The van der Waals surface area contributed by atoms with E-state index in [9.17, 15) is 13.2 Å². The Kier molecular flexibility index (Phi) is 7.48. The number of aromatic nitrogens is 1. The molecule has 3 aromatic carbocycles. The van der Waals surface area contributed by atoms with Gasteiger partial charge >= 0.3 is 0 Å². The molecule has 2 aliphatic rings. The van der Waals surface area contributed by atoms with Crippen LogP contribution < -0.4 is 14.4 Å². The second-order valence-electron chi connectivity index (χ2n) is 9.95. The van der Waals surface area contributed by atoms with Crippen LogP contribution in [0.25, 0.3) is 22.6 Å². The van der Waals surface area contributed by atoms with Gasteiger partial charge in [-0.25, -0.2) is 8.42 Å². The highest BCUT2D eigenvalue weighted by Crippen LogP contribution is 2.36. The molecule has 2 aliphatic heterocycles. The zero-order valence-electron chi connectivity index (χ0n) is 22.4. The number of halogens is 1. The monoisotopic (exact) mass is 592 g/mol. The van der Waals surface area contributed by atoms with Gasteiger partial charge in [0.1, 0.15) is 12.4 Å². The molecule has 0 unspecified atom stereocenters. The third-order valence-electron chi connectivity index (χ3n) is 7.30. The number of nitrogens with zero attached hydrogens (tertiary/aromatic N) is 2. The molecule has 4 aromatic rings. The van der Waals surface area contributed by atoms with Crippen LogP contribution in [0.15, 0.2) is 71.6 Å². The minimum atomic E-state index is -3.91. The lowest BCUT2D eigenvalue weighted by molar-refractivity contribution is -0.110. The number of fused-ring (bicyclic) bond motifs is 2. The lowest BCUT2D eigenvalue weighted by atomic mass is 10.1. The summed E-state index contributed by atoms with van der Waals surface area (Å²) < 4.78 is 39.4. The van der Waals surface area contributed by atoms with E-state index in [2.05, 4.69) is 15.2 Å². The average molecular weight is 593 g/mol. The fraction of sp³-hybridized carbons (Fsp3) is 0.233. The van der Waals surface area contributed by atoms with Crippen molar-refractivity contribution in [3.8, 4) is 5.75 Å². The van der Waals surface area contributed by atoms with Gasteiger partial charge in [0.15, 0.2) is 0 Å². The molecule has 0 atom stereocenters. The second-order valence-corrected chi connectivity index (χ2v) is 12.4. The molecular formula is C30H29ClN4O5S. The maximum atomic E-state index is 13.4. The van der Waals surface area contributed by atoms with Crippen molar-refractivity contribution in [3.05, 3.63) is 83.0 Å². The topological polar surface area (TPSA) is 104 Å². The Labute approximate surface area is 243 Å². The molecule has 9 nitrogen and oxygen atoms in total. The van der Waals surface area contributed by atoms with Gasteiger partial charge in [0, 0.05) is 59.6 Å². The number of amides is 1. The number of aromatic amines is 1. The van der Waals surface area contributed by atoms with Crippen LogP contribution >= 0.6 is 11.6 Å². The molecule has 2 N–H and O–H groups in total. The van der Waals surface area contributed by atoms with Gasteiger partial charge in [0.2, 0.25) is 0 Å². The molecule has 41 heavy (non-hydrogen) atoms. The number of H-pyrrole nitrogens is 1. The molecule has 0 spiro atoms. The van der Waals surface area contributed by atoms with E-state index in [0.717, 1.165) is 49.5 Å². The number of sulfonamides is 1. The van der Waals surface area contributed by atoms with E-state index in [1.807, 2.05) is 24.3 Å². The molecule has 0 aliphatic carbocycles. The zero-order chi connectivity index (χ0) is 28.6. The van der Waals surface area contributed by atoms with E-state index in [-0.39, 0.29) is 10.8 Å². The summed E-state index contributed by atoms with van der Waals surface area (Å²) in [5.41, 5.74) is 3.49. The van der Waals surface area contributed by atoms with Crippen LogP contribution in [-0.4, -0.2) is 70.7 Å². The van der Waals surface area contributed by atoms with Crippen LogP contribution in [0.3, 0.4) is 0 Å². The average Bonchev–Trinajstić information content (AvgIpc) is 3.52. The van der Waals surface area contributed by atoms with E-state index in [1.54, 1.807) is 36.4 Å². The van der Waals surface area contributed by atoms with E-state index < -0.39 is 10.0 Å². The van der Waals surface area contributed by atoms with Crippen molar-refractivity contribution >= 4 is 61.5 Å². The van der Waals surface area contributed by atoms with Gasteiger partial charge in [-0.2, -0.15) is 0 Å². The third kappa shape index (κ3) is 5.69. The maximum Gasteiger partial charge on any atom is 0.264 e. The molecule has 1 fully saturated rings. The van der Waals surface area contributed by atoms with Gasteiger partial charge in [0.25, 0.3) is 15.9 Å². The minimum absolute atomic E-state index is 0.0663. The van der Waals surface area contributed by atoms with Crippen molar-refractivity contribution in [1.29, 1.82) is 0 Å². The van der Waals surface area contributed by atoms with Gasteiger partial charge < -0.3 is 19.8 Å². The molecular weight excluding hydrogens is 564 g/mol. The fourth-order valence-electron chi connectivity index (χ4n) is 5.01. The summed E-state index contributed by atoms with van der Waals surface area (Å²) in [6, 6.07) is 19.0. The zero-order valence-corrected chi connectivity index (χ0v) is 24.0. The molecule has 6 rings (SSSR count). The minimum Gasteiger partial charge on any atom is -0.492 e. The number of ether oxygens (including phenoxy) is 2. The first-order chi connectivity index (χ1) is 19.8. The molecule has 11 heteroatoms. The standard InChI is InChI=1S/C30H29ClN4O5S/c1-34(23-4-2-3-21(31)17-23)41(37,38)25-6-8-29-26(19-25)27(30(36)33-29)18-22-15-20-16-24(5-7-28(20)32-22)40-14-11-35-9-12-39-13-10-35/h2-8,15-19,32H,9-14H2,1H3,(H,33,36). The Morgan fingerprint density at radius 1 is 1.07 bits per heavy atom. The molecule has 0 radical (unpaired) electrons. The highest BCUT2D eigenvalue weighted by atomic mass is 35.5. The summed E-state index contributed by atoms with van der Waals surface area (Å²) in [6.07, 6.45) is 1.73. The smallest absolute Gasteiger partial charge is 0.264 e. The van der Waals surface area contributed by atoms with E-state index >= 15 is 0 Å². The van der Waals surface area contributed by atoms with Crippen molar-refractivity contribution in [3.63, 3.8) is 0 Å². The van der Waals surface area contributed by atoms with E-state index in [1.165, 1.54) is 23.5 Å². The predicted octanol–water partition coefficient (Wildman–Crippen LogP) is 4.85. The first-order valence-corrected chi connectivity index (χ1v) is 15.1. The number of carbonyl (C=O) groups is 1. The highest BCUT2D eigenvalue weighted by Gasteiger charge is 2.29. The number of benzene rings is 3. The Bertz CT molecular complexity index is 1760. The quantitative estimate of drug-likeness (QED) is 0.284. The maximum absolute atomic E-state index is 13.4. The normalized spacial score (nSPS) is 16.6. The summed E-state index contributed by atoms with van der Waals surface area (Å²) in [4.78, 5) is 18.6. The summed E-state index contributed by atoms with van der Waals surface area (Å²) in [5, 5.41) is 4.21. The Balaban J connectivity index is 1.23. The summed E-state index contributed by atoms with van der Waals surface area (Å²) >= 11 is 6.07. The molecule has 1 saturated heterocycles. The number of anilines is 2. The number of hydrogen-bond acceptors (Lipinski definition) is 6. The van der Waals surface area contributed by atoms with Crippen LogP contribution in [0.4, 0.5) is 11.4 Å². The Hall–Kier alpha value is -3.83. The highest BCUT2D eigenvalue weighted by molar-refractivity contribution is 7.92. The molecule has 212 valence electrons. The largest absolute Gasteiger partial charge is 0.492 e. The van der Waals surface area contributed by atoms with Gasteiger partial charge in [0.05, 0.1) is 29.4 Å². The molecule has 1 amide bonds. The first-order valence-electron chi connectivity index (χ1n) is 13.3. The molecule has 3 heterocycles. The predicted molar refractivity (Wildman–Crippen MR) is 161 cm³/mol. The van der Waals surface area contributed by atoms with E-state index in [0.29, 0.717) is 39.8 Å². The number of nitrogens with one attached hydrogen (secondary N) is 2. The van der Waals surface area contributed by atoms with Crippen molar-refractivity contribution in [1.82, 2.24) is 9.88 Å².